The fourth-order valence-electron chi connectivity index (χ4n) is 3.75. The largest absolute Gasteiger partial charge is 0.382 e. The van der Waals surface area contributed by atoms with Crippen molar-refractivity contribution in [2.24, 2.45) is 0 Å². The Hall–Kier alpha value is -2.64. The molecule has 152 valence electrons. The van der Waals surface area contributed by atoms with E-state index >= 15 is 0 Å². The van der Waals surface area contributed by atoms with E-state index in [2.05, 4.69) is 39.1 Å². The van der Waals surface area contributed by atoms with Crippen LogP contribution in [0.2, 0.25) is 5.02 Å². The highest BCUT2D eigenvalue weighted by Crippen LogP contribution is 2.32. The SMILES string of the molecule is COCc1cc(-c2nc(-c3cnc(N)c(Cl)c3)no2)ccc1N1CCCCC1C. The second-order valence-electron chi connectivity index (χ2n) is 7.33. The standard InChI is InChI=1S/C21H24ClN5O2/c1-13-5-3-4-8-27(13)18-7-6-14(9-16(18)12-28-2)21-25-20(26-29-21)15-10-17(22)19(23)24-11-15/h6-7,9-11,13H,3-5,8,12H2,1-2H3,(H2,23,24). The average Bonchev–Trinajstić information content (AvgIpc) is 3.21. The summed E-state index contributed by atoms with van der Waals surface area (Å²) in [4.78, 5) is 11.0. The van der Waals surface area contributed by atoms with E-state index in [9.17, 15) is 0 Å². The number of anilines is 2. The van der Waals surface area contributed by atoms with Crippen LogP contribution in [0.5, 0.6) is 0 Å². The fraction of sp³-hybridized carbons (Fsp3) is 0.381. The number of rotatable bonds is 5. The van der Waals surface area contributed by atoms with Gasteiger partial charge >= 0.3 is 0 Å². The lowest BCUT2D eigenvalue weighted by molar-refractivity contribution is 0.185. The molecule has 1 aliphatic heterocycles. The van der Waals surface area contributed by atoms with Gasteiger partial charge in [-0.25, -0.2) is 4.98 Å². The summed E-state index contributed by atoms with van der Waals surface area (Å²) in [5.74, 6) is 1.12. The highest BCUT2D eigenvalue weighted by Gasteiger charge is 2.22. The van der Waals surface area contributed by atoms with Gasteiger partial charge in [0, 0.05) is 48.3 Å². The molecule has 1 unspecified atom stereocenters. The molecule has 1 fully saturated rings. The Labute approximate surface area is 174 Å². The minimum atomic E-state index is 0.269. The van der Waals surface area contributed by atoms with Gasteiger partial charge in [-0.1, -0.05) is 16.8 Å². The van der Waals surface area contributed by atoms with Gasteiger partial charge in [-0.05, 0) is 50.5 Å². The van der Waals surface area contributed by atoms with Crippen LogP contribution in [0.1, 0.15) is 31.7 Å². The Morgan fingerprint density at radius 3 is 2.90 bits per heavy atom. The molecule has 2 N–H and O–H groups in total. The zero-order valence-electron chi connectivity index (χ0n) is 16.6. The number of methoxy groups -OCH3 is 1. The number of nitrogens with zero attached hydrogens (tertiary/aromatic N) is 4. The van der Waals surface area contributed by atoms with E-state index in [1.165, 1.54) is 24.9 Å². The molecule has 29 heavy (non-hydrogen) atoms. The van der Waals surface area contributed by atoms with Crippen molar-refractivity contribution in [1.82, 2.24) is 15.1 Å². The van der Waals surface area contributed by atoms with Crippen molar-refractivity contribution in [2.45, 2.75) is 38.8 Å². The van der Waals surface area contributed by atoms with Crippen LogP contribution in [0, 0.1) is 0 Å². The van der Waals surface area contributed by atoms with E-state index < -0.39 is 0 Å². The van der Waals surface area contributed by atoms with Gasteiger partial charge in [-0.2, -0.15) is 4.98 Å². The predicted octanol–water partition coefficient (Wildman–Crippen LogP) is 4.56. The number of piperidine rings is 1. The van der Waals surface area contributed by atoms with Gasteiger partial charge in [0.25, 0.3) is 5.89 Å². The first-order valence-electron chi connectivity index (χ1n) is 9.71. The molecule has 0 bridgehead atoms. The lowest BCUT2D eigenvalue weighted by Gasteiger charge is -2.36. The smallest absolute Gasteiger partial charge is 0.258 e. The zero-order valence-corrected chi connectivity index (χ0v) is 17.3. The predicted molar refractivity (Wildman–Crippen MR) is 114 cm³/mol. The van der Waals surface area contributed by atoms with Crippen molar-refractivity contribution < 1.29 is 9.26 Å². The Bertz CT molecular complexity index is 1010. The van der Waals surface area contributed by atoms with Crippen LogP contribution in [0.15, 0.2) is 35.0 Å². The number of halogens is 1. The summed E-state index contributed by atoms with van der Waals surface area (Å²) in [6.45, 7) is 3.86. The van der Waals surface area contributed by atoms with Crippen molar-refractivity contribution in [2.75, 3.05) is 24.3 Å². The minimum Gasteiger partial charge on any atom is -0.382 e. The van der Waals surface area contributed by atoms with E-state index in [-0.39, 0.29) is 5.82 Å². The normalized spacial score (nSPS) is 16.9. The number of ether oxygens (including phenoxy) is 1. The maximum Gasteiger partial charge on any atom is 0.258 e. The van der Waals surface area contributed by atoms with Crippen LogP contribution < -0.4 is 10.6 Å². The maximum absolute atomic E-state index is 6.05. The van der Waals surface area contributed by atoms with Crippen molar-refractivity contribution in [3.63, 3.8) is 0 Å². The number of nitrogens with two attached hydrogens (primary N) is 1. The van der Waals surface area contributed by atoms with E-state index in [0.29, 0.717) is 34.9 Å². The van der Waals surface area contributed by atoms with Gasteiger partial charge in [0.15, 0.2) is 0 Å². The van der Waals surface area contributed by atoms with Gasteiger partial charge in [0.1, 0.15) is 5.82 Å². The number of hydrogen-bond donors (Lipinski definition) is 1. The number of benzene rings is 1. The van der Waals surface area contributed by atoms with Crippen LogP contribution in [0.3, 0.4) is 0 Å². The van der Waals surface area contributed by atoms with Crippen molar-refractivity contribution in [3.8, 4) is 22.8 Å². The number of hydrogen-bond acceptors (Lipinski definition) is 7. The third-order valence-electron chi connectivity index (χ3n) is 5.29. The summed E-state index contributed by atoms with van der Waals surface area (Å²) in [6.07, 6.45) is 5.28. The molecule has 4 rings (SSSR count). The highest BCUT2D eigenvalue weighted by atomic mass is 35.5. The number of aromatic nitrogens is 3. The quantitative estimate of drug-likeness (QED) is 0.655. The molecule has 0 radical (unpaired) electrons. The molecule has 1 atom stereocenters. The molecule has 8 heteroatoms. The second-order valence-corrected chi connectivity index (χ2v) is 7.74. The molecule has 3 heterocycles. The molecular formula is C21H24ClN5O2. The first-order valence-corrected chi connectivity index (χ1v) is 10.1. The van der Waals surface area contributed by atoms with E-state index in [1.807, 2.05) is 6.07 Å². The average molecular weight is 414 g/mol. The third kappa shape index (κ3) is 4.06. The molecule has 3 aromatic rings. The van der Waals surface area contributed by atoms with Crippen LogP contribution >= 0.6 is 11.6 Å². The molecule has 7 nitrogen and oxygen atoms in total. The van der Waals surface area contributed by atoms with Crippen LogP contribution in [0.25, 0.3) is 22.8 Å². The molecule has 0 amide bonds. The van der Waals surface area contributed by atoms with Crippen LogP contribution in [-0.2, 0) is 11.3 Å². The number of nitrogen functional groups attached to an aromatic ring is 1. The highest BCUT2D eigenvalue weighted by molar-refractivity contribution is 6.33. The van der Waals surface area contributed by atoms with Gasteiger partial charge in [0.2, 0.25) is 5.82 Å². The van der Waals surface area contributed by atoms with Gasteiger partial charge in [-0.15, -0.1) is 0 Å². The van der Waals surface area contributed by atoms with Crippen LogP contribution in [-0.4, -0.2) is 34.8 Å². The van der Waals surface area contributed by atoms with E-state index in [0.717, 1.165) is 17.7 Å². The Morgan fingerprint density at radius 1 is 1.28 bits per heavy atom. The summed E-state index contributed by atoms with van der Waals surface area (Å²) >= 11 is 6.05. The van der Waals surface area contributed by atoms with Crippen molar-refractivity contribution >= 4 is 23.1 Å². The van der Waals surface area contributed by atoms with Crippen molar-refractivity contribution in [3.05, 3.63) is 41.0 Å². The topological polar surface area (TPSA) is 90.3 Å². The summed E-state index contributed by atoms with van der Waals surface area (Å²) < 4.78 is 11.0. The van der Waals surface area contributed by atoms with Crippen LogP contribution in [0.4, 0.5) is 11.5 Å². The van der Waals surface area contributed by atoms with Crippen molar-refractivity contribution in [1.29, 1.82) is 0 Å². The Morgan fingerprint density at radius 2 is 2.14 bits per heavy atom. The van der Waals surface area contributed by atoms with Gasteiger partial charge in [-0.3, -0.25) is 0 Å². The summed E-state index contributed by atoms with van der Waals surface area (Å²) in [5, 5.41) is 4.42. The zero-order chi connectivity index (χ0) is 20.4. The maximum atomic E-state index is 6.05. The van der Waals surface area contributed by atoms with Gasteiger partial charge < -0.3 is 19.9 Å². The summed E-state index contributed by atoms with van der Waals surface area (Å²) in [7, 11) is 1.71. The molecule has 0 aliphatic carbocycles. The molecular weight excluding hydrogens is 390 g/mol. The molecule has 0 saturated carbocycles. The summed E-state index contributed by atoms with van der Waals surface area (Å²) in [6, 6.07) is 8.39. The molecule has 1 saturated heterocycles. The first kappa shape index (κ1) is 19.7. The fourth-order valence-corrected chi connectivity index (χ4v) is 3.92. The summed E-state index contributed by atoms with van der Waals surface area (Å²) in [5.41, 5.74) is 9.48. The van der Waals surface area contributed by atoms with E-state index in [1.54, 1.807) is 19.4 Å². The Kier molecular flexibility index (Phi) is 5.69. The molecule has 2 aromatic heterocycles. The monoisotopic (exact) mass is 413 g/mol. The molecule has 1 aromatic carbocycles. The molecule has 1 aliphatic rings. The lowest BCUT2D eigenvalue weighted by Crippen LogP contribution is -2.38. The van der Waals surface area contributed by atoms with Gasteiger partial charge in [0.05, 0.1) is 11.6 Å². The van der Waals surface area contributed by atoms with E-state index in [4.69, 9.17) is 26.6 Å². The molecule has 0 spiro atoms. The first-order chi connectivity index (χ1) is 14.1. The minimum absolute atomic E-state index is 0.269. The number of pyridine rings is 1. The lowest BCUT2D eigenvalue weighted by atomic mass is 10.00. The third-order valence-corrected chi connectivity index (χ3v) is 5.60. The second kappa shape index (κ2) is 8.39. The Balaban J connectivity index is 1.66.